The molecule has 1 aromatic carbocycles. The molecule has 1 saturated heterocycles. The highest BCUT2D eigenvalue weighted by atomic mass is 16.2. The van der Waals surface area contributed by atoms with Crippen LogP contribution in [-0.4, -0.2) is 24.4 Å². The Morgan fingerprint density at radius 3 is 2.70 bits per heavy atom. The quantitative estimate of drug-likeness (QED) is 0.929. The van der Waals surface area contributed by atoms with Gasteiger partial charge >= 0.3 is 0 Å². The summed E-state index contributed by atoms with van der Waals surface area (Å²) >= 11 is 0. The van der Waals surface area contributed by atoms with Crippen LogP contribution >= 0.6 is 0 Å². The summed E-state index contributed by atoms with van der Waals surface area (Å²) in [5.41, 5.74) is 3.71. The van der Waals surface area contributed by atoms with Crippen molar-refractivity contribution in [3.05, 3.63) is 29.3 Å². The van der Waals surface area contributed by atoms with E-state index in [1.807, 2.05) is 13.0 Å². The molecule has 4 heteroatoms. The molecule has 124 valence electrons. The number of anilines is 1. The molecule has 0 aromatic heterocycles. The Morgan fingerprint density at radius 2 is 1.96 bits per heavy atom. The maximum Gasteiger partial charge on any atom is 0.227 e. The van der Waals surface area contributed by atoms with Crippen LogP contribution in [0.15, 0.2) is 18.2 Å². The Hall–Kier alpha value is -1.84. The average Bonchev–Trinajstić information content (AvgIpc) is 3.12. The van der Waals surface area contributed by atoms with Crippen LogP contribution in [0, 0.1) is 11.8 Å². The molecule has 2 atom stereocenters. The lowest BCUT2D eigenvalue weighted by atomic mass is 10.0. The zero-order valence-corrected chi connectivity index (χ0v) is 14.3. The summed E-state index contributed by atoms with van der Waals surface area (Å²) in [6.07, 6.45) is 3.75. The van der Waals surface area contributed by atoms with Gasteiger partial charge in [-0.15, -0.1) is 0 Å². The predicted molar refractivity (Wildman–Crippen MR) is 91.4 cm³/mol. The van der Waals surface area contributed by atoms with Gasteiger partial charge in [-0.2, -0.15) is 0 Å². The maximum atomic E-state index is 12.4. The molecule has 0 spiro atoms. The monoisotopic (exact) mass is 314 g/mol. The minimum atomic E-state index is -0.239. The third kappa shape index (κ3) is 3.26. The third-order valence-corrected chi connectivity index (χ3v) is 5.26. The lowest BCUT2D eigenvalue weighted by Crippen LogP contribution is -2.40. The van der Waals surface area contributed by atoms with E-state index in [2.05, 4.69) is 31.3 Å². The summed E-state index contributed by atoms with van der Waals surface area (Å²) < 4.78 is 0. The van der Waals surface area contributed by atoms with Crippen molar-refractivity contribution in [1.29, 1.82) is 0 Å². The van der Waals surface area contributed by atoms with E-state index in [-0.39, 0.29) is 23.8 Å². The van der Waals surface area contributed by atoms with Gasteiger partial charge in [0.25, 0.3) is 0 Å². The molecule has 1 heterocycles. The molecule has 0 saturated carbocycles. The van der Waals surface area contributed by atoms with Crippen LogP contribution in [-0.2, 0) is 22.4 Å². The minimum Gasteiger partial charge on any atom is -0.353 e. The number of hydrogen-bond donors (Lipinski definition) is 1. The van der Waals surface area contributed by atoms with Crippen LogP contribution < -0.4 is 10.2 Å². The van der Waals surface area contributed by atoms with Gasteiger partial charge in [0, 0.05) is 24.7 Å². The molecule has 1 aliphatic heterocycles. The van der Waals surface area contributed by atoms with Crippen molar-refractivity contribution >= 4 is 17.5 Å². The van der Waals surface area contributed by atoms with Gasteiger partial charge in [0.1, 0.15) is 0 Å². The lowest BCUT2D eigenvalue weighted by molar-refractivity contribution is -0.127. The Morgan fingerprint density at radius 1 is 1.22 bits per heavy atom. The second kappa shape index (κ2) is 6.34. The normalized spacial score (nSPS) is 21.7. The lowest BCUT2D eigenvalue weighted by Gasteiger charge is -2.21. The molecule has 1 fully saturated rings. The highest BCUT2D eigenvalue weighted by Gasteiger charge is 2.35. The molecular formula is C19H26N2O2. The summed E-state index contributed by atoms with van der Waals surface area (Å²) in [6.45, 7) is 6.68. The number of rotatable bonds is 4. The second-order valence-corrected chi connectivity index (χ2v) is 7.25. The van der Waals surface area contributed by atoms with Gasteiger partial charge in [-0.3, -0.25) is 9.59 Å². The Labute approximate surface area is 138 Å². The van der Waals surface area contributed by atoms with Gasteiger partial charge in [0.05, 0.1) is 5.92 Å². The zero-order chi connectivity index (χ0) is 16.6. The summed E-state index contributed by atoms with van der Waals surface area (Å²) in [6, 6.07) is 6.43. The summed E-state index contributed by atoms with van der Waals surface area (Å²) in [5, 5.41) is 3.04. The number of nitrogens with zero attached hydrogens (tertiary/aromatic N) is 1. The molecule has 0 bridgehead atoms. The van der Waals surface area contributed by atoms with E-state index in [1.54, 1.807) is 4.90 Å². The summed E-state index contributed by atoms with van der Waals surface area (Å²) in [5.74, 6) is 0.212. The Kier molecular flexibility index (Phi) is 4.42. The SMILES string of the molecule is CC(C)[C@H](C)NC(=O)[C@H]1CC(=O)N(c2ccc3c(c2)CCC3)C1. The highest BCUT2D eigenvalue weighted by molar-refractivity contribution is 6.00. The third-order valence-electron chi connectivity index (χ3n) is 5.26. The maximum absolute atomic E-state index is 12.4. The number of amides is 2. The highest BCUT2D eigenvalue weighted by Crippen LogP contribution is 2.30. The summed E-state index contributed by atoms with van der Waals surface area (Å²) in [7, 11) is 0. The van der Waals surface area contributed by atoms with Crippen molar-refractivity contribution in [3.8, 4) is 0 Å². The molecule has 0 radical (unpaired) electrons. The number of carbonyl (C=O) groups excluding carboxylic acids is 2. The van der Waals surface area contributed by atoms with Crippen molar-refractivity contribution in [2.45, 2.75) is 52.5 Å². The zero-order valence-electron chi connectivity index (χ0n) is 14.3. The number of aryl methyl sites for hydroxylation is 2. The van der Waals surface area contributed by atoms with E-state index in [4.69, 9.17) is 0 Å². The van der Waals surface area contributed by atoms with Crippen LogP contribution in [0.1, 0.15) is 44.7 Å². The van der Waals surface area contributed by atoms with Crippen LogP contribution in [0.2, 0.25) is 0 Å². The van der Waals surface area contributed by atoms with Crippen molar-refractivity contribution < 1.29 is 9.59 Å². The Balaban J connectivity index is 1.69. The first-order valence-corrected chi connectivity index (χ1v) is 8.68. The molecule has 1 aliphatic carbocycles. The van der Waals surface area contributed by atoms with Crippen LogP contribution in [0.4, 0.5) is 5.69 Å². The molecule has 23 heavy (non-hydrogen) atoms. The number of hydrogen-bond acceptors (Lipinski definition) is 2. The second-order valence-electron chi connectivity index (χ2n) is 7.25. The van der Waals surface area contributed by atoms with Crippen molar-refractivity contribution in [2.75, 3.05) is 11.4 Å². The minimum absolute atomic E-state index is 0.00297. The molecule has 4 nitrogen and oxygen atoms in total. The predicted octanol–water partition coefficient (Wildman–Crippen LogP) is 2.69. The van der Waals surface area contributed by atoms with E-state index in [0.29, 0.717) is 18.9 Å². The van der Waals surface area contributed by atoms with E-state index >= 15 is 0 Å². The van der Waals surface area contributed by atoms with Crippen molar-refractivity contribution in [3.63, 3.8) is 0 Å². The average molecular weight is 314 g/mol. The van der Waals surface area contributed by atoms with Gasteiger partial charge in [0.2, 0.25) is 11.8 Å². The van der Waals surface area contributed by atoms with Gasteiger partial charge in [0.15, 0.2) is 0 Å². The van der Waals surface area contributed by atoms with Crippen LogP contribution in [0.3, 0.4) is 0 Å². The fourth-order valence-corrected chi connectivity index (χ4v) is 3.37. The molecule has 3 rings (SSSR count). The molecular weight excluding hydrogens is 288 g/mol. The number of benzene rings is 1. The first-order chi connectivity index (χ1) is 11.0. The van der Waals surface area contributed by atoms with Crippen LogP contribution in [0.25, 0.3) is 0 Å². The number of nitrogens with one attached hydrogen (secondary N) is 1. The van der Waals surface area contributed by atoms with E-state index in [1.165, 1.54) is 17.5 Å². The van der Waals surface area contributed by atoms with E-state index in [9.17, 15) is 9.59 Å². The number of fused-ring (bicyclic) bond motifs is 1. The largest absolute Gasteiger partial charge is 0.353 e. The number of carbonyl (C=O) groups is 2. The van der Waals surface area contributed by atoms with Gasteiger partial charge < -0.3 is 10.2 Å². The van der Waals surface area contributed by atoms with Gasteiger partial charge in [-0.05, 0) is 55.4 Å². The summed E-state index contributed by atoms with van der Waals surface area (Å²) in [4.78, 5) is 26.5. The molecule has 1 N–H and O–H groups in total. The molecule has 2 aliphatic rings. The molecule has 1 aromatic rings. The first kappa shape index (κ1) is 16.0. The first-order valence-electron chi connectivity index (χ1n) is 8.68. The smallest absolute Gasteiger partial charge is 0.227 e. The van der Waals surface area contributed by atoms with Gasteiger partial charge in [-0.25, -0.2) is 0 Å². The fourth-order valence-electron chi connectivity index (χ4n) is 3.37. The molecule has 2 amide bonds. The topological polar surface area (TPSA) is 49.4 Å². The van der Waals surface area contributed by atoms with Crippen molar-refractivity contribution in [1.82, 2.24) is 5.32 Å². The van der Waals surface area contributed by atoms with Gasteiger partial charge in [-0.1, -0.05) is 19.9 Å². The molecule has 0 unspecified atom stereocenters. The van der Waals surface area contributed by atoms with Crippen molar-refractivity contribution in [2.24, 2.45) is 11.8 Å². The van der Waals surface area contributed by atoms with E-state index in [0.717, 1.165) is 18.5 Å². The van der Waals surface area contributed by atoms with E-state index < -0.39 is 0 Å². The Bertz CT molecular complexity index is 624. The fraction of sp³-hybridized carbons (Fsp3) is 0.579. The standard InChI is InChI=1S/C19H26N2O2/c1-12(2)13(3)20-19(23)16-10-18(22)21(11-16)17-8-7-14-5-4-6-15(14)9-17/h7-9,12-13,16H,4-6,10-11H2,1-3H3,(H,20,23)/t13-,16-/m0/s1. The van der Waals surface area contributed by atoms with Crippen LogP contribution in [0.5, 0.6) is 0 Å².